The number of hydrogen-bond donors (Lipinski definition) is 1. The Balaban J connectivity index is 1.63. The Kier molecular flexibility index (Phi) is 4.17. The molecule has 0 saturated carbocycles. The van der Waals surface area contributed by atoms with E-state index in [1.54, 1.807) is 35.8 Å². The molecular weight excluding hydrogens is 286 g/mol. The SMILES string of the molecule is CCN1CCc2nc(NC(=O)/C=C\c3ccco3)sc2C1. The van der Waals surface area contributed by atoms with Crippen molar-refractivity contribution >= 4 is 28.5 Å². The van der Waals surface area contributed by atoms with Gasteiger partial charge in [0.2, 0.25) is 5.91 Å². The van der Waals surface area contributed by atoms with Gasteiger partial charge in [-0.05, 0) is 24.8 Å². The Hall–Kier alpha value is -1.92. The Bertz CT molecular complexity index is 646. The van der Waals surface area contributed by atoms with Crippen molar-refractivity contribution in [2.75, 3.05) is 18.4 Å². The van der Waals surface area contributed by atoms with Gasteiger partial charge >= 0.3 is 0 Å². The standard InChI is InChI=1S/C15H17N3O2S/c1-2-18-8-7-12-13(10-18)21-15(16-12)17-14(19)6-5-11-4-3-9-20-11/h3-6,9H,2,7-8,10H2,1H3,(H,16,17,19)/b6-5-. The maximum Gasteiger partial charge on any atom is 0.250 e. The smallest absolute Gasteiger partial charge is 0.250 e. The second-order valence-corrected chi connectivity index (χ2v) is 5.93. The third-order valence-electron chi connectivity index (χ3n) is 3.43. The van der Waals surface area contributed by atoms with Gasteiger partial charge < -0.3 is 4.42 Å². The lowest BCUT2D eigenvalue weighted by Crippen LogP contribution is -2.29. The predicted molar refractivity (Wildman–Crippen MR) is 83.1 cm³/mol. The lowest BCUT2D eigenvalue weighted by molar-refractivity contribution is -0.111. The van der Waals surface area contributed by atoms with Gasteiger partial charge in [-0.25, -0.2) is 4.98 Å². The summed E-state index contributed by atoms with van der Waals surface area (Å²) in [5, 5.41) is 3.49. The zero-order valence-corrected chi connectivity index (χ0v) is 12.7. The molecule has 1 aliphatic rings. The molecule has 0 saturated heterocycles. The Morgan fingerprint density at radius 2 is 2.52 bits per heavy atom. The molecule has 2 aromatic rings. The van der Waals surface area contributed by atoms with Crippen molar-refractivity contribution < 1.29 is 9.21 Å². The summed E-state index contributed by atoms with van der Waals surface area (Å²) in [7, 11) is 0. The van der Waals surface area contributed by atoms with E-state index in [4.69, 9.17) is 4.42 Å². The molecule has 0 radical (unpaired) electrons. The van der Waals surface area contributed by atoms with Crippen molar-refractivity contribution in [3.05, 3.63) is 40.8 Å². The van der Waals surface area contributed by atoms with Crippen molar-refractivity contribution in [1.82, 2.24) is 9.88 Å². The first kappa shape index (κ1) is 14.0. The van der Waals surface area contributed by atoms with Gasteiger partial charge in [0.15, 0.2) is 5.13 Å². The van der Waals surface area contributed by atoms with E-state index in [1.807, 2.05) is 0 Å². The number of nitrogens with one attached hydrogen (secondary N) is 1. The third-order valence-corrected chi connectivity index (χ3v) is 4.43. The Labute approximate surface area is 127 Å². The number of aromatic nitrogens is 1. The van der Waals surface area contributed by atoms with Crippen LogP contribution in [-0.2, 0) is 17.8 Å². The van der Waals surface area contributed by atoms with E-state index < -0.39 is 0 Å². The molecule has 1 amide bonds. The summed E-state index contributed by atoms with van der Waals surface area (Å²) in [6.07, 6.45) is 5.63. The first-order chi connectivity index (χ1) is 10.2. The van der Waals surface area contributed by atoms with E-state index >= 15 is 0 Å². The molecule has 0 fully saturated rings. The molecule has 5 nitrogen and oxygen atoms in total. The number of likely N-dealkylation sites (N-methyl/N-ethyl adjacent to an activating group) is 1. The average molecular weight is 303 g/mol. The fraction of sp³-hybridized carbons (Fsp3) is 0.333. The number of anilines is 1. The summed E-state index contributed by atoms with van der Waals surface area (Å²) in [5.41, 5.74) is 1.12. The summed E-state index contributed by atoms with van der Waals surface area (Å²) in [5.74, 6) is 0.465. The minimum atomic E-state index is -0.190. The summed E-state index contributed by atoms with van der Waals surface area (Å²) in [6.45, 7) is 5.18. The summed E-state index contributed by atoms with van der Waals surface area (Å²) in [6, 6.07) is 3.58. The molecule has 21 heavy (non-hydrogen) atoms. The lowest BCUT2D eigenvalue weighted by atomic mass is 10.2. The highest BCUT2D eigenvalue weighted by atomic mass is 32.1. The van der Waals surface area contributed by atoms with Crippen molar-refractivity contribution in [2.45, 2.75) is 19.9 Å². The fourth-order valence-electron chi connectivity index (χ4n) is 2.26. The molecule has 0 atom stereocenters. The van der Waals surface area contributed by atoms with Crippen LogP contribution in [0.2, 0.25) is 0 Å². The summed E-state index contributed by atoms with van der Waals surface area (Å²) >= 11 is 1.56. The molecule has 0 aliphatic carbocycles. The fourth-order valence-corrected chi connectivity index (χ4v) is 3.32. The van der Waals surface area contributed by atoms with Crippen LogP contribution in [0.4, 0.5) is 5.13 Å². The third kappa shape index (κ3) is 3.40. The monoisotopic (exact) mass is 303 g/mol. The van der Waals surface area contributed by atoms with Crippen LogP contribution in [0.1, 0.15) is 23.3 Å². The average Bonchev–Trinajstić information content (AvgIpc) is 3.13. The van der Waals surface area contributed by atoms with Crippen molar-refractivity contribution in [3.8, 4) is 0 Å². The van der Waals surface area contributed by atoms with E-state index in [0.29, 0.717) is 10.9 Å². The van der Waals surface area contributed by atoms with Gasteiger partial charge in [0.1, 0.15) is 5.76 Å². The minimum Gasteiger partial charge on any atom is -0.465 e. The van der Waals surface area contributed by atoms with Crippen LogP contribution in [0, 0.1) is 0 Å². The van der Waals surface area contributed by atoms with Crippen LogP contribution in [0.25, 0.3) is 6.08 Å². The molecule has 3 rings (SSSR count). The minimum absolute atomic E-state index is 0.190. The van der Waals surface area contributed by atoms with Crippen LogP contribution in [0.3, 0.4) is 0 Å². The van der Waals surface area contributed by atoms with Gasteiger partial charge in [-0.15, -0.1) is 11.3 Å². The Morgan fingerprint density at radius 3 is 3.29 bits per heavy atom. The van der Waals surface area contributed by atoms with E-state index in [2.05, 4.69) is 22.1 Å². The number of carbonyl (C=O) groups is 1. The maximum absolute atomic E-state index is 11.9. The first-order valence-electron chi connectivity index (χ1n) is 6.98. The molecule has 0 spiro atoms. The van der Waals surface area contributed by atoms with Crippen LogP contribution in [0.5, 0.6) is 0 Å². The number of rotatable bonds is 4. The quantitative estimate of drug-likeness (QED) is 0.882. The number of fused-ring (bicyclic) bond motifs is 1. The predicted octanol–water partition coefficient (Wildman–Crippen LogP) is 2.77. The van der Waals surface area contributed by atoms with Gasteiger partial charge in [-0.3, -0.25) is 15.0 Å². The summed E-state index contributed by atoms with van der Waals surface area (Å²) < 4.78 is 5.14. The van der Waals surface area contributed by atoms with Crippen molar-refractivity contribution in [3.63, 3.8) is 0 Å². The van der Waals surface area contributed by atoms with Gasteiger partial charge in [-0.2, -0.15) is 0 Å². The molecule has 1 N–H and O–H groups in total. The van der Waals surface area contributed by atoms with Gasteiger partial charge in [-0.1, -0.05) is 6.92 Å². The molecule has 0 bridgehead atoms. The second kappa shape index (κ2) is 6.24. The largest absolute Gasteiger partial charge is 0.465 e. The first-order valence-corrected chi connectivity index (χ1v) is 7.79. The second-order valence-electron chi connectivity index (χ2n) is 4.85. The molecule has 110 valence electrons. The Morgan fingerprint density at radius 1 is 1.62 bits per heavy atom. The van der Waals surface area contributed by atoms with Crippen LogP contribution in [0.15, 0.2) is 28.9 Å². The number of thiazole rings is 1. The van der Waals surface area contributed by atoms with E-state index in [9.17, 15) is 4.79 Å². The van der Waals surface area contributed by atoms with Crippen molar-refractivity contribution in [1.29, 1.82) is 0 Å². The van der Waals surface area contributed by atoms with Gasteiger partial charge in [0.25, 0.3) is 0 Å². The van der Waals surface area contributed by atoms with E-state index in [0.717, 1.165) is 31.7 Å². The topological polar surface area (TPSA) is 58.4 Å². The number of amides is 1. The molecule has 3 heterocycles. The molecular formula is C15H17N3O2S. The van der Waals surface area contributed by atoms with Gasteiger partial charge in [0.05, 0.1) is 12.0 Å². The molecule has 1 aliphatic heterocycles. The van der Waals surface area contributed by atoms with Crippen LogP contribution < -0.4 is 5.32 Å². The molecule has 0 unspecified atom stereocenters. The van der Waals surface area contributed by atoms with Crippen molar-refractivity contribution in [2.24, 2.45) is 0 Å². The highest BCUT2D eigenvalue weighted by Gasteiger charge is 2.19. The van der Waals surface area contributed by atoms with E-state index in [1.165, 1.54) is 11.0 Å². The normalized spacial score (nSPS) is 15.3. The molecule has 6 heteroatoms. The zero-order chi connectivity index (χ0) is 14.7. The number of nitrogens with zero attached hydrogens (tertiary/aromatic N) is 2. The molecule has 2 aromatic heterocycles. The number of hydrogen-bond acceptors (Lipinski definition) is 5. The maximum atomic E-state index is 11.9. The molecule has 0 aromatic carbocycles. The lowest BCUT2D eigenvalue weighted by Gasteiger charge is -2.23. The highest BCUT2D eigenvalue weighted by Crippen LogP contribution is 2.28. The number of carbonyl (C=O) groups excluding carboxylic acids is 1. The number of furan rings is 1. The van der Waals surface area contributed by atoms with E-state index in [-0.39, 0.29) is 5.91 Å². The highest BCUT2D eigenvalue weighted by molar-refractivity contribution is 7.15. The van der Waals surface area contributed by atoms with Crippen LogP contribution >= 0.6 is 11.3 Å². The van der Waals surface area contributed by atoms with Crippen LogP contribution in [-0.4, -0.2) is 28.9 Å². The zero-order valence-electron chi connectivity index (χ0n) is 11.8. The summed E-state index contributed by atoms with van der Waals surface area (Å²) in [4.78, 5) is 20.0. The van der Waals surface area contributed by atoms with Gasteiger partial charge in [0, 0.05) is 30.5 Å².